The van der Waals surface area contributed by atoms with Gasteiger partial charge in [-0.15, -0.1) is 0 Å². The smallest absolute Gasteiger partial charge is 0.327 e. The number of carbonyl (C=O) groups is 1. The minimum atomic E-state index is -0.976. The molecule has 142 valence electrons. The van der Waals surface area contributed by atoms with Crippen LogP contribution in [-0.4, -0.2) is 24.8 Å². The van der Waals surface area contributed by atoms with Gasteiger partial charge in [-0.05, 0) is 18.6 Å². The number of methoxy groups -OCH3 is 1. The molecule has 0 bridgehead atoms. The molecule has 27 heavy (non-hydrogen) atoms. The second-order valence-electron chi connectivity index (χ2n) is 6.22. The van der Waals surface area contributed by atoms with Crippen LogP contribution in [0.3, 0.4) is 0 Å². The summed E-state index contributed by atoms with van der Waals surface area (Å²) in [6.07, 6.45) is 2.34. The zero-order chi connectivity index (χ0) is 19.2. The van der Waals surface area contributed by atoms with Crippen molar-refractivity contribution in [2.24, 2.45) is 5.92 Å². The summed E-state index contributed by atoms with van der Waals surface area (Å²) in [4.78, 5) is 10.8. The lowest BCUT2D eigenvalue weighted by atomic mass is 9.91. The first-order chi connectivity index (χ1) is 13.1. The SMILES string of the molecule is COc1ccccc1[C@H]1O[C@@H](c2ccccc2Cl)OCC1C/C=C/C(=O)O. The first-order valence-electron chi connectivity index (χ1n) is 8.64. The van der Waals surface area contributed by atoms with E-state index < -0.39 is 12.3 Å². The molecule has 1 N–H and O–H groups in total. The Morgan fingerprint density at radius 3 is 2.63 bits per heavy atom. The predicted molar refractivity (Wildman–Crippen MR) is 102 cm³/mol. The predicted octanol–water partition coefficient (Wildman–Crippen LogP) is 4.78. The highest BCUT2D eigenvalue weighted by molar-refractivity contribution is 6.31. The van der Waals surface area contributed by atoms with Crippen molar-refractivity contribution in [2.75, 3.05) is 13.7 Å². The van der Waals surface area contributed by atoms with E-state index in [9.17, 15) is 4.79 Å². The van der Waals surface area contributed by atoms with Crippen LogP contribution < -0.4 is 4.74 Å². The van der Waals surface area contributed by atoms with Crippen LogP contribution in [0.2, 0.25) is 5.02 Å². The zero-order valence-corrected chi connectivity index (χ0v) is 15.6. The average molecular weight is 389 g/mol. The summed E-state index contributed by atoms with van der Waals surface area (Å²) < 4.78 is 17.7. The van der Waals surface area contributed by atoms with Crippen molar-refractivity contribution in [3.8, 4) is 5.75 Å². The molecule has 1 saturated heterocycles. The molecule has 0 amide bonds. The molecule has 0 aromatic heterocycles. The van der Waals surface area contributed by atoms with Crippen LogP contribution in [0.15, 0.2) is 60.7 Å². The van der Waals surface area contributed by atoms with E-state index in [0.717, 1.165) is 23.0 Å². The number of rotatable bonds is 6. The summed E-state index contributed by atoms with van der Waals surface area (Å²) in [5, 5.41) is 9.42. The second kappa shape index (κ2) is 9.04. The van der Waals surface area contributed by atoms with E-state index in [1.165, 1.54) is 0 Å². The van der Waals surface area contributed by atoms with Crippen molar-refractivity contribution in [3.63, 3.8) is 0 Å². The van der Waals surface area contributed by atoms with E-state index in [0.29, 0.717) is 18.1 Å². The van der Waals surface area contributed by atoms with Gasteiger partial charge in [-0.3, -0.25) is 0 Å². The molecule has 3 rings (SSSR count). The third-order valence-electron chi connectivity index (χ3n) is 4.46. The van der Waals surface area contributed by atoms with Gasteiger partial charge in [0.1, 0.15) is 5.75 Å². The fourth-order valence-electron chi connectivity index (χ4n) is 3.18. The van der Waals surface area contributed by atoms with E-state index in [4.69, 9.17) is 30.9 Å². The van der Waals surface area contributed by atoms with Crippen LogP contribution in [0, 0.1) is 5.92 Å². The highest BCUT2D eigenvalue weighted by Gasteiger charge is 2.35. The number of halogens is 1. The number of aliphatic carboxylic acids is 1. The molecule has 0 spiro atoms. The molecule has 5 nitrogen and oxygen atoms in total. The number of allylic oxidation sites excluding steroid dienone is 1. The molecule has 0 radical (unpaired) electrons. The molecule has 0 saturated carbocycles. The Balaban J connectivity index is 1.90. The van der Waals surface area contributed by atoms with Gasteiger partial charge in [-0.1, -0.05) is 54.1 Å². The third-order valence-corrected chi connectivity index (χ3v) is 4.81. The molecule has 1 unspecified atom stereocenters. The van der Waals surface area contributed by atoms with E-state index in [2.05, 4.69) is 0 Å². The maximum absolute atomic E-state index is 10.8. The van der Waals surface area contributed by atoms with Crippen LogP contribution in [0.1, 0.15) is 29.9 Å². The van der Waals surface area contributed by atoms with Gasteiger partial charge in [0.15, 0.2) is 6.29 Å². The molecular weight excluding hydrogens is 368 g/mol. The van der Waals surface area contributed by atoms with Gasteiger partial charge < -0.3 is 19.3 Å². The van der Waals surface area contributed by atoms with Gasteiger partial charge in [0.05, 0.1) is 19.8 Å². The number of hydrogen-bond acceptors (Lipinski definition) is 4. The van der Waals surface area contributed by atoms with Crippen LogP contribution in [-0.2, 0) is 14.3 Å². The summed E-state index contributed by atoms with van der Waals surface area (Å²) in [5.41, 5.74) is 1.66. The molecule has 2 aromatic carbocycles. The van der Waals surface area contributed by atoms with Crippen LogP contribution in [0.4, 0.5) is 0 Å². The van der Waals surface area contributed by atoms with Crippen LogP contribution in [0.5, 0.6) is 5.75 Å². The molecule has 0 aliphatic carbocycles. The Labute approximate surface area is 163 Å². The quantitative estimate of drug-likeness (QED) is 0.721. The van der Waals surface area contributed by atoms with Crippen molar-refractivity contribution in [2.45, 2.75) is 18.8 Å². The summed E-state index contributed by atoms with van der Waals surface area (Å²) in [6, 6.07) is 15.0. The molecule has 6 heteroatoms. The number of benzene rings is 2. The molecule has 1 fully saturated rings. The van der Waals surface area contributed by atoms with E-state index in [1.807, 2.05) is 42.5 Å². The lowest BCUT2D eigenvalue weighted by Gasteiger charge is -2.37. The molecule has 2 aromatic rings. The first-order valence-corrected chi connectivity index (χ1v) is 9.01. The maximum atomic E-state index is 10.8. The summed E-state index contributed by atoms with van der Waals surface area (Å²) >= 11 is 6.30. The number of carboxylic acids is 1. The molecule has 1 aliphatic rings. The Bertz CT molecular complexity index is 820. The van der Waals surface area contributed by atoms with Crippen molar-refractivity contribution in [1.82, 2.24) is 0 Å². The number of ether oxygens (including phenoxy) is 3. The Hall–Kier alpha value is -2.34. The van der Waals surface area contributed by atoms with Gasteiger partial charge in [0.2, 0.25) is 0 Å². The van der Waals surface area contributed by atoms with Gasteiger partial charge >= 0.3 is 5.97 Å². The van der Waals surface area contributed by atoms with E-state index >= 15 is 0 Å². The number of para-hydroxylation sites is 1. The van der Waals surface area contributed by atoms with Gasteiger partial charge in [-0.2, -0.15) is 0 Å². The molecule has 3 atom stereocenters. The van der Waals surface area contributed by atoms with Crippen molar-refractivity contribution in [1.29, 1.82) is 0 Å². The summed E-state index contributed by atoms with van der Waals surface area (Å²) in [5.74, 6) is -0.319. The lowest BCUT2D eigenvalue weighted by molar-refractivity contribution is -0.244. The average Bonchev–Trinajstić information content (AvgIpc) is 2.68. The normalized spacial score (nSPS) is 22.7. The van der Waals surface area contributed by atoms with Gasteiger partial charge in [0, 0.05) is 28.1 Å². The minimum absolute atomic E-state index is 0.0596. The number of hydrogen-bond donors (Lipinski definition) is 1. The highest BCUT2D eigenvalue weighted by Crippen LogP contribution is 2.43. The Morgan fingerprint density at radius 2 is 1.93 bits per heavy atom. The van der Waals surface area contributed by atoms with Crippen molar-refractivity contribution < 1.29 is 24.1 Å². The number of carboxylic acid groups (broad SMARTS) is 1. The first kappa shape index (κ1) is 19.4. The minimum Gasteiger partial charge on any atom is -0.496 e. The lowest BCUT2D eigenvalue weighted by Crippen LogP contribution is -2.30. The van der Waals surface area contributed by atoms with Crippen LogP contribution in [0.25, 0.3) is 0 Å². The molecule has 1 aliphatic heterocycles. The topological polar surface area (TPSA) is 65.0 Å². The van der Waals surface area contributed by atoms with Crippen LogP contribution >= 0.6 is 11.6 Å². The molecular formula is C21H21ClO5. The zero-order valence-electron chi connectivity index (χ0n) is 14.9. The third kappa shape index (κ3) is 4.69. The monoisotopic (exact) mass is 388 g/mol. The van der Waals surface area contributed by atoms with Crippen molar-refractivity contribution >= 4 is 17.6 Å². The standard InChI is InChI=1S/C21H21ClO5/c1-25-18-11-5-3-9-16(18)20-14(7-6-12-19(23)24)13-26-21(27-20)15-8-2-4-10-17(15)22/h2-6,8-12,14,20-21H,7,13H2,1H3,(H,23,24)/b12-6+/t14?,20-,21-/m0/s1. The largest absolute Gasteiger partial charge is 0.496 e. The summed E-state index contributed by atoms with van der Waals surface area (Å²) in [7, 11) is 1.61. The fourth-order valence-corrected chi connectivity index (χ4v) is 3.40. The Morgan fingerprint density at radius 1 is 1.22 bits per heavy atom. The fraction of sp³-hybridized carbons (Fsp3) is 0.286. The van der Waals surface area contributed by atoms with E-state index in [-0.39, 0.29) is 12.0 Å². The van der Waals surface area contributed by atoms with Gasteiger partial charge in [0.25, 0.3) is 0 Å². The highest BCUT2D eigenvalue weighted by atomic mass is 35.5. The van der Waals surface area contributed by atoms with Crippen molar-refractivity contribution in [3.05, 3.63) is 76.8 Å². The summed E-state index contributed by atoms with van der Waals surface area (Å²) in [6.45, 7) is 0.405. The maximum Gasteiger partial charge on any atom is 0.327 e. The molecule has 1 heterocycles. The van der Waals surface area contributed by atoms with E-state index in [1.54, 1.807) is 19.3 Å². The second-order valence-corrected chi connectivity index (χ2v) is 6.63. The Kier molecular flexibility index (Phi) is 6.50. The van der Waals surface area contributed by atoms with Gasteiger partial charge in [-0.25, -0.2) is 4.79 Å².